The molecule has 0 spiro atoms. The van der Waals surface area contributed by atoms with Gasteiger partial charge in [0.1, 0.15) is 11.9 Å². The van der Waals surface area contributed by atoms with E-state index in [0.29, 0.717) is 17.5 Å². The molecule has 2 aromatic rings. The Balaban J connectivity index is 1.47. The van der Waals surface area contributed by atoms with Crippen molar-refractivity contribution in [1.29, 1.82) is 5.26 Å². The van der Waals surface area contributed by atoms with Gasteiger partial charge in [-0.05, 0) is 56.5 Å². The highest BCUT2D eigenvalue weighted by atomic mass is 15.1. The SMILES string of the molecule is CC(Nc1ccc(C#N)cn1)C1CCN(Cc2ccccc2)CC1. The second kappa shape index (κ2) is 7.94. The van der Waals surface area contributed by atoms with E-state index in [9.17, 15) is 0 Å². The smallest absolute Gasteiger partial charge is 0.126 e. The van der Waals surface area contributed by atoms with Crippen molar-refractivity contribution in [2.45, 2.75) is 32.4 Å². The van der Waals surface area contributed by atoms with Gasteiger partial charge in [-0.25, -0.2) is 4.98 Å². The van der Waals surface area contributed by atoms with E-state index in [2.05, 4.69) is 58.5 Å². The van der Waals surface area contributed by atoms with E-state index in [1.165, 1.54) is 18.4 Å². The molecule has 1 atom stereocenters. The fourth-order valence-corrected chi connectivity index (χ4v) is 3.35. The molecular weight excluding hydrogens is 296 g/mol. The highest BCUT2D eigenvalue weighted by Gasteiger charge is 2.24. The molecule has 4 heteroatoms. The van der Waals surface area contributed by atoms with Crippen molar-refractivity contribution < 1.29 is 0 Å². The number of aromatic nitrogens is 1. The van der Waals surface area contributed by atoms with Gasteiger partial charge in [-0.3, -0.25) is 4.90 Å². The number of rotatable bonds is 5. The number of hydrogen-bond acceptors (Lipinski definition) is 4. The molecule has 4 nitrogen and oxygen atoms in total. The van der Waals surface area contributed by atoms with Crippen LogP contribution in [-0.4, -0.2) is 29.0 Å². The number of hydrogen-bond donors (Lipinski definition) is 1. The zero-order valence-corrected chi connectivity index (χ0v) is 14.2. The summed E-state index contributed by atoms with van der Waals surface area (Å²) in [4.78, 5) is 6.85. The summed E-state index contributed by atoms with van der Waals surface area (Å²) in [6.45, 7) is 5.57. The average Bonchev–Trinajstić information content (AvgIpc) is 2.64. The van der Waals surface area contributed by atoms with Gasteiger partial charge < -0.3 is 5.32 Å². The molecule has 0 radical (unpaired) electrons. The Kier molecular flexibility index (Phi) is 5.45. The molecule has 1 aromatic carbocycles. The summed E-state index contributed by atoms with van der Waals surface area (Å²) in [6.07, 6.45) is 4.03. The first kappa shape index (κ1) is 16.5. The number of anilines is 1. The maximum Gasteiger partial charge on any atom is 0.126 e. The fourth-order valence-electron chi connectivity index (χ4n) is 3.35. The third-order valence-electron chi connectivity index (χ3n) is 4.86. The Morgan fingerprint density at radius 3 is 2.58 bits per heavy atom. The van der Waals surface area contributed by atoms with Gasteiger partial charge in [0.15, 0.2) is 0 Å². The minimum absolute atomic E-state index is 0.393. The van der Waals surface area contributed by atoms with Gasteiger partial charge in [-0.15, -0.1) is 0 Å². The van der Waals surface area contributed by atoms with Crippen LogP contribution in [0.2, 0.25) is 0 Å². The molecule has 1 aliphatic rings. The van der Waals surface area contributed by atoms with Gasteiger partial charge >= 0.3 is 0 Å². The van der Waals surface area contributed by atoms with Crippen LogP contribution in [0, 0.1) is 17.2 Å². The maximum absolute atomic E-state index is 8.83. The summed E-state index contributed by atoms with van der Waals surface area (Å²) < 4.78 is 0. The van der Waals surface area contributed by atoms with Gasteiger partial charge in [0.2, 0.25) is 0 Å². The van der Waals surface area contributed by atoms with E-state index in [1.54, 1.807) is 6.20 Å². The second-order valence-electron chi connectivity index (χ2n) is 6.58. The Morgan fingerprint density at radius 1 is 1.21 bits per heavy atom. The molecule has 1 saturated heterocycles. The van der Waals surface area contributed by atoms with Gasteiger partial charge in [0, 0.05) is 18.8 Å². The molecular formula is C20H24N4. The lowest BCUT2D eigenvalue weighted by atomic mass is 9.90. The van der Waals surface area contributed by atoms with Gasteiger partial charge in [-0.2, -0.15) is 5.26 Å². The molecule has 0 amide bonds. The van der Waals surface area contributed by atoms with Gasteiger partial charge in [-0.1, -0.05) is 30.3 Å². The van der Waals surface area contributed by atoms with Crippen molar-refractivity contribution in [3.8, 4) is 6.07 Å². The Morgan fingerprint density at radius 2 is 1.96 bits per heavy atom. The maximum atomic E-state index is 8.83. The van der Waals surface area contributed by atoms with Crippen molar-refractivity contribution in [1.82, 2.24) is 9.88 Å². The fraction of sp³-hybridized carbons (Fsp3) is 0.400. The van der Waals surface area contributed by atoms with Crippen LogP contribution >= 0.6 is 0 Å². The lowest BCUT2D eigenvalue weighted by Gasteiger charge is -2.35. The third-order valence-corrected chi connectivity index (χ3v) is 4.86. The van der Waals surface area contributed by atoms with E-state index >= 15 is 0 Å². The predicted octanol–water partition coefficient (Wildman–Crippen LogP) is 3.67. The van der Waals surface area contributed by atoms with Crippen LogP contribution in [0.15, 0.2) is 48.7 Å². The van der Waals surface area contributed by atoms with Crippen molar-refractivity contribution in [3.63, 3.8) is 0 Å². The standard InChI is InChI=1S/C20H24N4/c1-16(23-20-8-7-18(13-21)14-22-20)19-9-11-24(12-10-19)15-17-5-3-2-4-6-17/h2-8,14,16,19H,9-12,15H2,1H3,(H,22,23). The minimum Gasteiger partial charge on any atom is -0.367 e. The molecule has 1 unspecified atom stereocenters. The second-order valence-corrected chi connectivity index (χ2v) is 6.58. The van der Waals surface area contributed by atoms with Crippen LogP contribution in [0.5, 0.6) is 0 Å². The van der Waals surface area contributed by atoms with Crippen LogP contribution in [-0.2, 0) is 6.54 Å². The molecule has 0 saturated carbocycles. The first-order chi connectivity index (χ1) is 11.7. The lowest BCUT2D eigenvalue weighted by Crippen LogP contribution is -2.39. The summed E-state index contributed by atoms with van der Waals surface area (Å²) >= 11 is 0. The van der Waals surface area contributed by atoms with E-state index < -0.39 is 0 Å². The van der Waals surface area contributed by atoms with E-state index in [4.69, 9.17) is 5.26 Å². The lowest BCUT2D eigenvalue weighted by molar-refractivity contribution is 0.169. The van der Waals surface area contributed by atoms with Gasteiger partial charge in [0.05, 0.1) is 5.56 Å². The van der Waals surface area contributed by atoms with Crippen LogP contribution in [0.4, 0.5) is 5.82 Å². The largest absolute Gasteiger partial charge is 0.367 e. The summed E-state index contributed by atoms with van der Waals surface area (Å²) in [6, 6.07) is 16.9. The summed E-state index contributed by atoms with van der Waals surface area (Å²) in [5, 5.41) is 12.3. The predicted molar refractivity (Wildman–Crippen MR) is 96.5 cm³/mol. The monoisotopic (exact) mass is 320 g/mol. The first-order valence-electron chi connectivity index (χ1n) is 8.63. The number of likely N-dealkylation sites (tertiary alicyclic amines) is 1. The quantitative estimate of drug-likeness (QED) is 0.913. The van der Waals surface area contributed by atoms with Crippen LogP contribution in [0.1, 0.15) is 30.9 Å². The summed E-state index contributed by atoms with van der Waals surface area (Å²) in [5.41, 5.74) is 1.99. The molecule has 0 aliphatic carbocycles. The molecule has 1 N–H and O–H groups in total. The van der Waals surface area contributed by atoms with Gasteiger partial charge in [0.25, 0.3) is 0 Å². The van der Waals surface area contributed by atoms with E-state index in [0.717, 1.165) is 25.5 Å². The molecule has 1 fully saturated rings. The minimum atomic E-state index is 0.393. The molecule has 1 aromatic heterocycles. The Hall–Kier alpha value is -2.38. The Labute approximate surface area is 144 Å². The normalized spacial score (nSPS) is 17.2. The number of nitriles is 1. The molecule has 3 rings (SSSR count). The van der Waals surface area contributed by atoms with Crippen molar-refractivity contribution in [2.75, 3.05) is 18.4 Å². The van der Waals surface area contributed by atoms with Crippen molar-refractivity contribution in [2.24, 2.45) is 5.92 Å². The number of nitrogens with one attached hydrogen (secondary N) is 1. The Bertz CT molecular complexity index is 667. The third kappa shape index (κ3) is 4.33. The van der Waals surface area contributed by atoms with Crippen LogP contribution < -0.4 is 5.32 Å². The zero-order valence-electron chi connectivity index (χ0n) is 14.2. The van der Waals surface area contributed by atoms with Crippen LogP contribution in [0.25, 0.3) is 0 Å². The summed E-state index contributed by atoms with van der Waals surface area (Å²) in [7, 11) is 0. The topological polar surface area (TPSA) is 52.0 Å². The number of nitrogens with zero attached hydrogens (tertiary/aromatic N) is 3. The first-order valence-corrected chi connectivity index (χ1v) is 8.63. The molecule has 124 valence electrons. The van der Waals surface area contributed by atoms with Crippen LogP contribution in [0.3, 0.4) is 0 Å². The number of pyridine rings is 1. The van der Waals surface area contributed by atoms with Crippen molar-refractivity contribution in [3.05, 3.63) is 59.8 Å². The summed E-state index contributed by atoms with van der Waals surface area (Å²) in [5.74, 6) is 1.52. The molecule has 24 heavy (non-hydrogen) atoms. The molecule has 0 bridgehead atoms. The van der Waals surface area contributed by atoms with Crippen molar-refractivity contribution >= 4 is 5.82 Å². The molecule has 2 heterocycles. The van der Waals surface area contributed by atoms with E-state index in [-0.39, 0.29) is 0 Å². The molecule has 1 aliphatic heterocycles. The average molecular weight is 320 g/mol. The highest BCUT2D eigenvalue weighted by molar-refractivity contribution is 5.39. The number of benzene rings is 1. The highest BCUT2D eigenvalue weighted by Crippen LogP contribution is 2.23. The zero-order chi connectivity index (χ0) is 16.8. The number of piperidine rings is 1. The van der Waals surface area contributed by atoms with E-state index in [1.807, 2.05) is 12.1 Å².